The average Bonchev–Trinajstić information content (AvgIpc) is 2.30. The van der Waals surface area contributed by atoms with E-state index >= 15 is 0 Å². The van der Waals surface area contributed by atoms with E-state index in [0.717, 1.165) is 16.0 Å². The van der Waals surface area contributed by atoms with Crippen molar-refractivity contribution in [2.45, 2.75) is 27.7 Å². The van der Waals surface area contributed by atoms with E-state index in [1.807, 2.05) is 26.0 Å². The number of urea groups is 1. The van der Waals surface area contributed by atoms with Gasteiger partial charge in [-0.05, 0) is 39.3 Å². The molecule has 1 aliphatic rings. The summed E-state index contributed by atoms with van der Waals surface area (Å²) in [5, 5.41) is 2.22. The van der Waals surface area contributed by atoms with Crippen LogP contribution in [-0.4, -0.2) is 17.8 Å². The Hall–Kier alpha value is -2.17. The lowest BCUT2D eigenvalue weighted by Gasteiger charge is -2.35. The fourth-order valence-electron chi connectivity index (χ4n) is 2.05. The molecule has 0 aliphatic carbocycles. The molecule has 1 N–H and O–H groups in total. The van der Waals surface area contributed by atoms with E-state index in [1.165, 1.54) is 13.8 Å². The summed E-state index contributed by atoms with van der Waals surface area (Å²) in [7, 11) is 0. The third-order valence-electron chi connectivity index (χ3n) is 3.32. The van der Waals surface area contributed by atoms with Gasteiger partial charge in [0.15, 0.2) is 0 Å². The van der Waals surface area contributed by atoms with Gasteiger partial charge in [-0.2, -0.15) is 0 Å². The standard InChI is InChI=1S/C14H16N2O3/c1-8-5-6-10(9(2)7-8)16-12(18)14(3,4)11(17)15-13(16)19/h5-7H,1-4H3,(H,15,17,19). The van der Waals surface area contributed by atoms with E-state index in [0.29, 0.717) is 5.69 Å². The van der Waals surface area contributed by atoms with Crippen LogP contribution in [0.15, 0.2) is 18.2 Å². The third kappa shape index (κ3) is 2.01. The van der Waals surface area contributed by atoms with E-state index in [-0.39, 0.29) is 0 Å². The Balaban J connectivity index is 2.52. The van der Waals surface area contributed by atoms with Gasteiger partial charge >= 0.3 is 6.03 Å². The zero-order valence-corrected chi connectivity index (χ0v) is 11.4. The minimum absolute atomic E-state index is 0.506. The first kappa shape index (κ1) is 13.3. The van der Waals surface area contributed by atoms with Crippen molar-refractivity contribution in [3.8, 4) is 0 Å². The van der Waals surface area contributed by atoms with Crippen LogP contribution in [0.2, 0.25) is 0 Å². The first-order chi connectivity index (χ1) is 8.75. The first-order valence-electron chi connectivity index (χ1n) is 6.02. The second-order valence-electron chi connectivity index (χ2n) is 5.31. The molecule has 1 aliphatic heterocycles. The quantitative estimate of drug-likeness (QED) is 0.784. The minimum atomic E-state index is -1.24. The fraction of sp³-hybridized carbons (Fsp3) is 0.357. The number of nitrogens with zero attached hydrogens (tertiary/aromatic N) is 1. The molecule has 0 saturated carbocycles. The van der Waals surface area contributed by atoms with Gasteiger partial charge in [-0.15, -0.1) is 0 Å². The highest BCUT2D eigenvalue weighted by atomic mass is 16.2. The molecule has 4 amide bonds. The maximum absolute atomic E-state index is 12.3. The molecule has 0 spiro atoms. The lowest BCUT2D eigenvalue weighted by molar-refractivity contribution is -0.140. The number of imide groups is 2. The summed E-state index contributed by atoms with van der Waals surface area (Å²) in [6.07, 6.45) is 0. The lowest BCUT2D eigenvalue weighted by Crippen LogP contribution is -2.62. The molecule has 0 aromatic heterocycles. The van der Waals surface area contributed by atoms with Crippen molar-refractivity contribution in [3.63, 3.8) is 0 Å². The number of carbonyl (C=O) groups is 3. The van der Waals surface area contributed by atoms with E-state index in [4.69, 9.17) is 0 Å². The summed E-state index contributed by atoms with van der Waals surface area (Å²) in [5.41, 5.74) is 1.12. The Morgan fingerprint density at radius 2 is 1.74 bits per heavy atom. The van der Waals surface area contributed by atoms with Crippen molar-refractivity contribution in [1.29, 1.82) is 0 Å². The highest BCUT2D eigenvalue weighted by Crippen LogP contribution is 2.30. The topological polar surface area (TPSA) is 66.5 Å². The van der Waals surface area contributed by atoms with Crippen LogP contribution in [0.4, 0.5) is 10.5 Å². The van der Waals surface area contributed by atoms with Crippen LogP contribution >= 0.6 is 0 Å². The van der Waals surface area contributed by atoms with Crippen LogP contribution in [0.1, 0.15) is 25.0 Å². The number of hydrogen-bond acceptors (Lipinski definition) is 3. The van der Waals surface area contributed by atoms with Crippen LogP contribution in [0.5, 0.6) is 0 Å². The number of benzene rings is 1. The molecule has 0 unspecified atom stereocenters. The normalized spacial score (nSPS) is 18.5. The highest BCUT2D eigenvalue weighted by molar-refractivity contribution is 6.29. The van der Waals surface area contributed by atoms with Crippen LogP contribution in [0.25, 0.3) is 0 Å². The number of barbiturate groups is 1. The number of hydrogen-bond donors (Lipinski definition) is 1. The Kier molecular flexibility index (Phi) is 2.92. The summed E-state index contributed by atoms with van der Waals surface area (Å²) >= 11 is 0. The van der Waals surface area contributed by atoms with E-state index < -0.39 is 23.3 Å². The van der Waals surface area contributed by atoms with Crippen LogP contribution < -0.4 is 10.2 Å². The molecule has 5 heteroatoms. The van der Waals surface area contributed by atoms with Gasteiger partial charge in [-0.1, -0.05) is 17.7 Å². The number of amides is 4. The number of nitrogens with one attached hydrogen (secondary N) is 1. The summed E-state index contributed by atoms with van der Waals surface area (Å²) in [4.78, 5) is 37.0. The van der Waals surface area contributed by atoms with E-state index in [1.54, 1.807) is 6.07 Å². The SMILES string of the molecule is Cc1ccc(N2C(=O)NC(=O)C(C)(C)C2=O)c(C)c1. The summed E-state index contributed by atoms with van der Waals surface area (Å²) in [6.45, 7) is 6.77. The Bertz CT molecular complexity index is 590. The van der Waals surface area contributed by atoms with Gasteiger partial charge in [0.25, 0.3) is 0 Å². The van der Waals surface area contributed by atoms with Crippen molar-refractivity contribution >= 4 is 23.5 Å². The molecule has 2 rings (SSSR count). The number of rotatable bonds is 1. The highest BCUT2D eigenvalue weighted by Gasteiger charge is 2.47. The van der Waals surface area contributed by atoms with Crippen molar-refractivity contribution in [2.75, 3.05) is 4.90 Å². The number of anilines is 1. The molecule has 1 fully saturated rings. The largest absolute Gasteiger partial charge is 0.335 e. The van der Waals surface area contributed by atoms with Crippen molar-refractivity contribution in [3.05, 3.63) is 29.3 Å². The molecule has 1 aromatic rings. The van der Waals surface area contributed by atoms with Crippen LogP contribution in [0, 0.1) is 19.3 Å². The Morgan fingerprint density at radius 1 is 1.11 bits per heavy atom. The zero-order valence-electron chi connectivity index (χ0n) is 11.4. The molecular formula is C14H16N2O3. The van der Waals surface area contributed by atoms with Gasteiger partial charge in [0, 0.05) is 0 Å². The van der Waals surface area contributed by atoms with Gasteiger partial charge in [0.1, 0.15) is 5.41 Å². The van der Waals surface area contributed by atoms with Crippen molar-refractivity contribution in [1.82, 2.24) is 5.32 Å². The Morgan fingerprint density at radius 3 is 2.32 bits per heavy atom. The van der Waals surface area contributed by atoms with Crippen molar-refractivity contribution in [2.24, 2.45) is 5.41 Å². The maximum atomic E-state index is 12.3. The molecule has 1 aromatic carbocycles. The average molecular weight is 260 g/mol. The van der Waals surface area contributed by atoms with Crippen LogP contribution in [0.3, 0.4) is 0 Å². The van der Waals surface area contributed by atoms with Crippen molar-refractivity contribution < 1.29 is 14.4 Å². The second-order valence-corrected chi connectivity index (χ2v) is 5.31. The molecular weight excluding hydrogens is 244 g/mol. The van der Waals surface area contributed by atoms with Crippen LogP contribution in [-0.2, 0) is 9.59 Å². The van der Waals surface area contributed by atoms with E-state index in [2.05, 4.69) is 5.32 Å². The fourth-order valence-corrected chi connectivity index (χ4v) is 2.05. The summed E-state index contributed by atoms with van der Waals surface area (Å²) in [5.74, 6) is -1.07. The molecule has 0 radical (unpaired) electrons. The van der Waals surface area contributed by atoms with Gasteiger partial charge in [0.2, 0.25) is 11.8 Å². The second kappa shape index (κ2) is 4.19. The van der Waals surface area contributed by atoms with Gasteiger partial charge in [-0.3, -0.25) is 14.9 Å². The monoisotopic (exact) mass is 260 g/mol. The summed E-state index contributed by atoms with van der Waals surface area (Å²) in [6, 6.07) is 4.74. The minimum Gasteiger partial charge on any atom is -0.276 e. The summed E-state index contributed by atoms with van der Waals surface area (Å²) < 4.78 is 0. The molecule has 19 heavy (non-hydrogen) atoms. The maximum Gasteiger partial charge on any atom is 0.335 e. The van der Waals surface area contributed by atoms with Gasteiger partial charge in [0.05, 0.1) is 5.69 Å². The smallest absolute Gasteiger partial charge is 0.276 e. The molecule has 100 valence electrons. The molecule has 1 heterocycles. The number of carbonyl (C=O) groups excluding carboxylic acids is 3. The van der Waals surface area contributed by atoms with E-state index in [9.17, 15) is 14.4 Å². The molecule has 0 atom stereocenters. The predicted octanol–water partition coefficient (Wildman–Crippen LogP) is 1.91. The van der Waals surface area contributed by atoms with Gasteiger partial charge in [-0.25, -0.2) is 9.69 Å². The zero-order chi connectivity index (χ0) is 14.4. The number of aryl methyl sites for hydroxylation is 2. The Labute approximate surface area is 111 Å². The molecule has 0 bridgehead atoms. The predicted molar refractivity (Wildman–Crippen MR) is 70.7 cm³/mol. The first-order valence-corrected chi connectivity index (χ1v) is 6.02. The van der Waals surface area contributed by atoms with Gasteiger partial charge < -0.3 is 0 Å². The molecule has 1 saturated heterocycles. The molecule has 5 nitrogen and oxygen atoms in total. The third-order valence-corrected chi connectivity index (χ3v) is 3.32. The lowest BCUT2D eigenvalue weighted by atomic mass is 9.88.